The number of pyridine rings is 1. The number of carbonyl (C=O) groups excluding carboxylic acids is 1. The topological polar surface area (TPSA) is 80.6 Å². The molecule has 0 bridgehead atoms. The van der Waals surface area contributed by atoms with Crippen molar-refractivity contribution in [2.45, 2.75) is 58.8 Å². The highest BCUT2D eigenvalue weighted by molar-refractivity contribution is 5.67. The molecule has 0 aliphatic rings. The van der Waals surface area contributed by atoms with E-state index in [1.807, 2.05) is 13.8 Å². The van der Waals surface area contributed by atoms with Crippen LogP contribution in [0.2, 0.25) is 0 Å². The number of carbonyl (C=O) groups is 1. The molecule has 0 aliphatic carbocycles. The van der Waals surface area contributed by atoms with Crippen molar-refractivity contribution in [3.8, 4) is 11.1 Å². The van der Waals surface area contributed by atoms with Gasteiger partial charge in [0.1, 0.15) is 11.4 Å². The molecule has 1 amide bonds. The minimum absolute atomic E-state index is 0.220. The fraction of sp³-hybridized carbons (Fsp3) is 0.455. The number of aliphatic hydroxyl groups excluding tert-OH is 1. The maximum absolute atomic E-state index is 13.3. The van der Waals surface area contributed by atoms with Crippen LogP contribution in [0.5, 0.6) is 0 Å². The van der Waals surface area contributed by atoms with Gasteiger partial charge in [-0.25, -0.2) is 9.18 Å². The molecule has 1 atom stereocenters. The normalized spacial score (nSPS) is 13.1. The smallest absolute Gasteiger partial charge is 0.407 e. The lowest BCUT2D eigenvalue weighted by Crippen LogP contribution is -2.43. The van der Waals surface area contributed by atoms with Crippen molar-refractivity contribution >= 4 is 6.09 Å². The SMILES string of the molecule is CC(O)c1cn(C(C)(C)CNC(=O)OC(C)(C)C)cc(-c2ccc(F)cc2)c1=O. The molecule has 2 rings (SSSR count). The van der Waals surface area contributed by atoms with E-state index >= 15 is 0 Å². The van der Waals surface area contributed by atoms with Crippen LogP contribution in [0.15, 0.2) is 41.5 Å². The molecular weight excluding hydrogens is 375 g/mol. The van der Waals surface area contributed by atoms with E-state index < -0.39 is 29.2 Å². The Bertz CT molecular complexity index is 925. The number of amides is 1. The van der Waals surface area contributed by atoms with Crippen LogP contribution in [0.4, 0.5) is 9.18 Å². The average molecular weight is 404 g/mol. The molecule has 1 unspecified atom stereocenters. The van der Waals surface area contributed by atoms with Gasteiger partial charge >= 0.3 is 6.09 Å². The first-order valence-corrected chi connectivity index (χ1v) is 9.48. The van der Waals surface area contributed by atoms with Gasteiger partial charge in [0, 0.05) is 30.1 Å². The fourth-order valence-electron chi connectivity index (χ4n) is 2.78. The molecule has 158 valence electrons. The molecule has 0 aliphatic heterocycles. The molecule has 1 aromatic heterocycles. The first kappa shape index (κ1) is 22.6. The minimum atomic E-state index is -0.983. The Hall–Kier alpha value is -2.67. The van der Waals surface area contributed by atoms with Crippen LogP contribution in [0, 0.1) is 5.82 Å². The third-order valence-electron chi connectivity index (χ3n) is 4.42. The van der Waals surface area contributed by atoms with Crippen LogP contribution in [0.1, 0.15) is 53.2 Å². The number of hydrogen-bond donors (Lipinski definition) is 2. The number of nitrogens with one attached hydrogen (secondary N) is 1. The second kappa shape index (κ2) is 8.37. The summed E-state index contributed by atoms with van der Waals surface area (Å²) in [5.41, 5.74) is -0.461. The van der Waals surface area contributed by atoms with E-state index in [9.17, 15) is 19.1 Å². The quantitative estimate of drug-likeness (QED) is 0.790. The Kier molecular flexibility index (Phi) is 6.53. The molecule has 1 aromatic carbocycles. The molecule has 0 saturated heterocycles. The number of aromatic nitrogens is 1. The van der Waals surface area contributed by atoms with Gasteiger partial charge in [-0.15, -0.1) is 0 Å². The lowest BCUT2D eigenvalue weighted by Gasteiger charge is -2.31. The predicted octanol–water partition coefficient (Wildman–Crippen LogP) is 3.97. The summed E-state index contributed by atoms with van der Waals surface area (Å²) in [5, 5.41) is 12.8. The van der Waals surface area contributed by atoms with Crippen molar-refractivity contribution < 1.29 is 19.0 Å². The molecule has 6 nitrogen and oxygen atoms in total. The van der Waals surface area contributed by atoms with Crippen molar-refractivity contribution in [1.82, 2.24) is 9.88 Å². The number of aliphatic hydroxyl groups is 1. The molecule has 29 heavy (non-hydrogen) atoms. The highest BCUT2D eigenvalue weighted by atomic mass is 19.1. The largest absolute Gasteiger partial charge is 0.444 e. The minimum Gasteiger partial charge on any atom is -0.444 e. The lowest BCUT2D eigenvalue weighted by atomic mass is 9.99. The van der Waals surface area contributed by atoms with Gasteiger partial charge in [-0.2, -0.15) is 0 Å². The third-order valence-corrected chi connectivity index (χ3v) is 4.42. The van der Waals surface area contributed by atoms with E-state index in [0.717, 1.165) is 0 Å². The number of alkyl carbamates (subject to hydrolysis) is 1. The number of hydrogen-bond acceptors (Lipinski definition) is 4. The van der Waals surface area contributed by atoms with Crippen LogP contribution >= 0.6 is 0 Å². The highest BCUT2D eigenvalue weighted by Crippen LogP contribution is 2.23. The van der Waals surface area contributed by atoms with Crippen LogP contribution in [-0.2, 0) is 10.3 Å². The molecular formula is C22H29FN2O4. The second-order valence-electron chi connectivity index (χ2n) is 8.71. The molecule has 0 spiro atoms. The van der Waals surface area contributed by atoms with Gasteiger partial charge in [0.2, 0.25) is 0 Å². The molecule has 7 heteroatoms. The Labute approximate surface area is 170 Å². The van der Waals surface area contributed by atoms with Gasteiger partial charge in [0.15, 0.2) is 5.43 Å². The summed E-state index contributed by atoms with van der Waals surface area (Å²) < 4.78 is 20.3. The summed E-state index contributed by atoms with van der Waals surface area (Å²) in [6.45, 7) is 10.9. The first-order chi connectivity index (χ1) is 13.3. The van der Waals surface area contributed by atoms with E-state index in [0.29, 0.717) is 11.1 Å². The zero-order valence-corrected chi connectivity index (χ0v) is 17.7. The summed E-state index contributed by atoms with van der Waals surface area (Å²) in [6.07, 6.45) is 1.71. The monoisotopic (exact) mass is 404 g/mol. The molecule has 1 heterocycles. The zero-order chi connectivity index (χ0) is 22.0. The van der Waals surface area contributed by atoms with E-state index in [4.69, 9.17) is 4.74 Å². The molecule has 0 fully saturated rings. The second-order valence-corrected chi connectivity index (χ2v) is 8.71. The maximum atomic E-state index is 13.3. The number of ether oxygens (including phenoxy) is 1. The number of nitrogens with zero attached hydrogens (tertiary/aromatic N) is 1. The average Bonchev–Trinajstić information content (AvgIpc) is 2.59. The molecule has 2 aromatic rings. The highest BCUT2D eigenvalue weighted by Gasteiger charge is 2.25. The molecule has 0 saturated carbocycles. The van der Waals surface area contributed by atoms with Crippen LogP contribution in [-0.4, -0.2) is 27.9 Å². The summed E-state index contributed by atoms with van der Waals surface area (Å²) in [7, 11) is 0. The number of halogens is 1. The van der Waals surface area contributed by atoms with Gasteiger partial charge in [-0.1, -0.05) is 12.1 Å². The van der Waals surface area contributed by atoms with Gasteiger partial charge in [-0.3, -0.25) is 4.79 Å². The van der Waals surface area contributed by atoms with Crippen molar-refractivity contribution in [1.29, 1.82) is 0 Å². The first-order valence-electron chi connectivity index (χ1n) is 9.48. The Morgan fingerprint density at radius 1 is 1.17 bits per heavy atom. The molecule has 2 N–H and O–H groups in total. The van der Waals surface area contributed by atoms with E-state index in [1.54, 1.807) is 37.7 Å². The standard InChI is InChI=1S/C22H29FN2O4/c1-14(26)17-11-25(22(5,6)13-24-20(28)29-21(2,3)4)12-18(19(17)27)15-7-9-16(23)10-8-15/h7-12,14,26H,13H2,1-6H3,(H,24,28). The van der Waals surface area contributed by atoms with Crippen LogP contribution < -0.4 is 10.7 Å². The summed E-state index contributed by atoms with van der Waals surface area (Å²) in [4.78, 5) is 24.9. The van der Waals surface area contributed by atoms with Gasteiger partial charge < -0.3 is 19.7 Å². The van der Waals surface area contributed by atoms with E-state index in [1.165, 1.54) is 31.2 Å². The number of benzene rings is 1. The Morgan fingerprint density at radius 3 is 2.28 bits per heavy atom. The van der Waals surface area contributed by atoms with Crippen LogP contribution in [0.3, 0.4) is 0 Å². The van der Waals surface area contributed by atoms with Gasteiger partial charge in [0.05, 0.1) is 11.6 Å². The van der Waals surface area contributed by atoms with E-state index in [-0.39, 0.29) is 17.5 Å². The Balaban J connectivity index is 2.42. The van der Waals surface area contributed by atoms with E-state index in [2.05, 4.69) is 5.32 Å². The van der Waals surface area contributed by atoms with Gasteiger partial charge in [-0.05, 0) is 59.2 Å². The van der Waals surface area contributed by atoms with Crippen molar-refractivity contribution in [2.24, 2.45) is 0 Å². The predicted molar refractivity (Wildman–Crippen MR) is 110 cm³/mol. The molecule has 0 radical (unpaired) electrons. The van der Waals surface area contributed by atoms with Gasteiger partial charge in [0.25, 0.3) is 0 Å². The van der Waals surface area contributed by atoms with Crippen molar-refractivity contribution in [3.05, 3.63) is 58.3 Å². The van der Waals surface area contributed by atoms with Crippen molar-refractivity contribution in [3.63, 3.8) is 0 Å². The maximum Gasteiger partial charge on any atom is 0.407 e. The summed E-state index contributed by atoms with van der Waals surface area (Å²) >= 11 is 0. The zero-order valence-electron chi connectivity index (χ0n) is 17.7. The lowest BCUT2D eigenvalue weighted by molar-refractivity contribution is 0.0508. The van der Waals surface area contributed by atoms with Crippen LogP contribution in [0.25, 0.3) is 11.1 Å². The van der Waals surface area contributed by atoms with Crippen molar-refractivity contribution in [2.75, 3.05) is 6.54 Å². The number of rotatable bonds is 5. The third kappa shape index (κ3) is 5.90. The Morgan fingerprint density at radius 2 is 1.76 bits per heavy atom. The summed E-state index contributed by atoms with van der Waals surface area (Å²) in [6, 6.07) is 5.61. The fourth-order valence-corrected chi connectivity index (χ4v) is 2.78. The summed E-state index contributed by atoms with van der Waals surface area (Å²) in [5.74, 6) is -0.400.